The van der Waals surface area contributed by atoms with Crippen LogP contribution in [-0.4, -0.2) is 9.56 Å². The summed E-state index contributed by atoms with van der Waals surface area (Å²) >= 11 is 4.74. The Morgan fingerprint density at radius 2 is 2.21 bits per heavy atom. The summed E-state index contributed by atoms with van der Waals surface area (Å²) in [5.41, 5.74) is 6.64. The molecule has 1 aromatic heterocycles. The molecule has 2 rings (SSSR count). The zero-order valence-electron chi connectivity index (χ0n) is 7.27. The predicted octanol–water partition coefficient (Wildman–Crippen LogP) is 0.881. The van der Waals surface area contributed by atoms with E-state index in [9.17, 15) is 4.79 Å². The molecule has 0 unspecified atom stereocenters. The first-order valence-electron chi connectivity index (χ1n) is 4.05. The van der Waals surface area contributed by atoms with Gasteiger partial charge in [-0.2, -0.15) is 0 Å². The average Bonchev–Trinajstić information content (AvgIpc) is 2.43. The molecule has 0 atom stereocenters. The summed E-state index contributed by atoms with van der Waals surface area (Å²) in [6.45, 7) is 0.213. The minimum atomic E-state index is -0.431. The number of aromatic nitrogens is 1. The van der Waals surface area contributed by atoms with Crippen molar-refractivity contribution in [3.8, 4) is 0 Å². The van der Waals surface area contributed by atoms with Crippen molar-refractivity contribution < 1.29 is 4.42 Å². The van der Waals surface area contributed by atoms with Crippen LogP contribution in [0.3, 0.4) is 0 Å². The number of nitrogens with two attached hydrogens (primary N) is 1. The van der Waals surface area contributed by atoms with Gasteiger partial charge in [0.25, 0.3) is 0 Å². The number of thiocarbonyl (C=S) groups is 1. The molecule has 4 nitrogen and oxygen atoms in total. The van der Waals surface area contributed by atoms with Crippen LogP contribution in [-0.2, 0) is 6.54 Å². The smallest absolute Gasteiger partial charge is 0.408 e. The summed E-state index contributed by atoms with van der Waals surface area (Å²) in [4.78, 5) is 11.6. The number of rotatable bonds is 2. The molecule has 0 aliphatic rings. The molecule has 1 heterocycles. The number of fused-ring (bicyclic) bond motifs is 1. The lowest BCUT2D eigenvalue weighted by atomic mass is 10.3. The van der Waals surface area contributed by atoms with Crippen molar-refractivity contribution in [3.63, 3.8) is 0 Å². The van der Waals surface area contributed by atoms with Crippen LogP contribution in [0.15, 0.2) is 33.5 Å². The van der Waals surface area contributed by atoms with Gasteiger partial charge < -0.3 is 10.2 Å². The highest BCUT2D eigenvalue weighted by Crippen LogP contribution is 2.11. The number of benzene rings is 1. The van der Waals surface area contributed by atoms with Crippen molar-refractivity contribution in [3.05, 3.63) is 34.8 Å². The lowest BCUT2D eigenvalue weighted by molar-refractivity contribution is 0.523. The van der Waals surface area contributed by atoms with E-state index >= 15 is 0 Å². The fraction of sp³-hybridized carbons (Fsp3) is 0.111. The van der Waals surface area contributed by atoms with Crippen LogP contribution in [0.2, 0.25) is 0 Å². The van der Waals surface area contributed by atoms with Gasteiger partial charge in [0.15, 0.2) is 5.58 Å². The first kappa shape index (κ1) is 8.96. The third-order valence-electron chi connectivity index (χ3n) is 1.89. The van der Waals surface area contributed by atoms with Gasteiger partial charge in [-0.3, -0.25) is 4.57 Å². The summed E-state index contributed by atoms with van der Waals surface area (Å²) in [7, 11) is 0. The molecule has 0 saturated heterocycles. The van der Waals surface area contributed by atoms with Crippen LogP contribution in [0.5, 0.6) is 0 Å². The fourth-order valence-corrected chi connectivity index (χ4v) is 1.45. The van der Waals surface area contributed by atoms with Crippen LogP contribution in [0.25, 0.3) is 11.1 Å². The third kappa shape index (κ3) is 1.42. The maximum atomic E-state index is 11.4. The molecule has 0 bridgehead atoms. The van der Waals surface area contributed by atoms with Gasteiger partial charge in [0.1, 0.15) is 0 Å². The Hall–Kier alpha value is -1.62. The van der Waals surface area contributed by atoms with E-state index in [1.54, 1.807) is 18.2 Å². The molecule has 5 heteroatoms. The Balaban J connectivity index is 2.68. The van der Waals surface area contributed by atoms with Crippen LogP contribution in [0.1, 0.15) is 0 Å². The molecule has 0 spiro atoms. The van der Waals surface area contributed by atoms with E-state index in [4.69, 9.17) is 22.4 Å². The van der Waals surface area contributed by atoms with Gasteiger partial charge in [-0.15, -0.1) is 0 Å². The Morgan fingerprint density at radius 1 is 1.50 bits per heavy atom. The van der Waals surface area contributed by atoms with Crippen LogP contribution < -0.4 is 11.5 Å². The van der Waals surface area contributed by atoms with Crippen LogP contribution >= 0.6 is 12.2 Å². The van der Waals surface area contributed by atoms with Crippen molar-refractivity contribution in [2.45, 2.75) is 6.54 Å². The predicted molar refractivity (Wildman–Crippen MR) is 57.3 cm³/mol. The van der Waals surface area contributed by atoms with E-state index in [-0.39, 0.29) is 11.5 Å². The summed E-state index contributed by atoms with van der Waals surface area (Å²) < 4.78 is 6.41. The quantitative estimate of drug-likeness (QED) is 0.744. The first-order valence-corrected chi connectivity index (χ1v) is 4.46. The van der Waals surface area contributed by atoms with E-state index in [0.717, 1.165) is 0 Å². The summed E-state index contributed by atoms with van der Waals surface area (Å²) in [6.07, 6.45) is 0. The van der Waals surface area contributed by atoms with Gasteiger partial charge >= 0.3 is 5.76 Å². The van der Waals surface area contributed by atoms with Gasteiger partial charge in [-0.25, -0.2) is 4.79 Å². The Labute approximate surface area is 84.9 Å². The number of hydrogen-bond donors (Lipinski definition) is 1. The Bertz CT molecular complexity index is 541. The lowest BCUT2D eigenvalue weighted by Gasteiger charge is -1.98. The average molecular weight is 208 g/mol. The number of oxazole rings is 1. The molecular formula is C9H8N2O2S. The van der Waals surface area contributed by atoms with Gasteiger partial charge in [-0.05, 0) is 12.1 Å². The highest BCUT2D eigenvalue weighted by Gasteiger charge is 2.08. The van der Waals surface area contributed by atoms with Crippen LogP contribution in [0.4, 0.5) is 0 Å². The van der Waals surface area contributed by atoms with Gasteiger partial charge in [-0.1, -0.05) is 24.4 Å². The van der Waals surface area contributed by atoms with E-state index < -0.39 is 5.76 Å². The third-order valence-corrected chi connectivity index (χ3v) is 2.02. The molecule has 2 aromatic rings. The van der Waals surface area contributed by atoms with Crippen molar-refractivity contribution >= 4 is 28.3 Å². The summed E-state index contributed by atoms with van der Waals surface area (Å²) in [6, 6.07) is 7.15. The van der Waals surface area contributed by atoms with Gasteiger partial charge in [0.2, 0.25) is 0 Å². The first-order chi connectivity index (χ1) is 6.68. The Kier molecular flexibility index (Phi) is 2.09. The SMILES string of the molecule is NC(=S)Cn1c(=O)oc2ccccc21. The van der Waals surface area contributed by atoms with E-state index in [1.165, 1.54) is 4.57 Å². The molecule has 14 heavy (non-hydrogen) atoms. The molecule has 0 saturated carbocycles. The second kappa shape index (κ2) is 3.26. The molecule has 0 aliphatic heterocycles. The second-order valence-electron chi connectivity index (χ2n) is 2.89. The molecule has 0 radical (unpaired) electrons. The minimum absolute atomic E-state index is 0.213. The van der Waals surface area contributed by atoms with E-state index in [0.29, 0.717) is 11.1 Å². The van der Waals surface area contributed by atoms with Gasteiger partial charge in [0.05, 0.1) is 17.0 Å². The highest BCUT2D eigenvalue weighted by molar-refractivity contribution is 7.80. The molecule has 2 N–H and O–H groups in total. The highest BCUT2D eigenvalue weighted by atomic mass is 32.1. The molecular weight excluding hydrogens is 200 g/mol. The number of hydrogen-bond acceptors (Lipinski definition) is 3. The van der Waals surface area contributed by atoms with Crippen molar-refractivity contribution in [2.24, 2.45) is 5.73 Å². The van der Waals surface area contributed by atoms with Crippen LogP contribution in [0, 0.1) is 0 Å². The lowest BCUT2D eigenvalue weighted by Crippen LogP contribution is -2.23. The topological polar surface area (TPSA) is 61.2 Å². The number of nitrogens with zero attached hydrogens (tertiary/aromatic N) is 1. The molecule has 72 valence electrons. The van der Waals surface area contributed by atoms with E-state index in [1.807, 2.05) is 6.07 Å². The largest absolute Gasteiger partial charge is 0.420 e. The summed E-state index contributed by atoms with van der Waals surface area (Å²) in [5, 5.41) is 0. The van der Waals surface area contributed by atoms with E-state index in [2.05, 4.69) is 0 Å². The fourth-order valence-electron chi connectivity index (χ4n) is 1.32. The minimum Gasteiger partial charge on any atom is -0.408 e. The summed E-state index contributed by atoms with van der Waals surface area (Å²) in [5.74, 6) is -0.431. The van der Waals surface area contributed by atoms with Crippen molar-refractivity contribution in [1.29, 1.82) is 0 Å². The Morgan fingerprint density at radius 3 is 2.93 bits per heavy atom. The van der Waals surface area contributed by atoms with Gasteiger partial charge in [0, 0.05) is 0 Å². The second-order valence-corrected chi connectivity index (χ2v) is 3.41. The molecule has 0 amide bonds. The molecule has 1 aromatic carbocycles. The monoisotopic (exact) mass is 208 g/mol. The van der Waals surface area contributed by atoms with Crippen molar-refractivity contribution in [2.75, 3.05) is 0 Å². The zero-order valence-corrected chi connectivity index (χ0v) is 8.08. The maximum Gasteiger partial charge on any atom is 0.420 e. The molecule has 0 aliphatic carbocycles. The van der Waals surface area contributed by atoms with Crippen molar-refractivity contribution in [1.82, 2.24) is 4.57 Å². The number of para-hydroxylation sites is 2. The normalized spacial score (nSPS) is 10.6. The standard InChI is InChI=1S/C9H8N2O2S/c10-8(14)5-11-6-3-1-2-4-7(6)13-9(11)12/h1-4H,5H2,(H2,10,14). The zero-order chi connectivity index (χ0) is 10.1. The molecule has 0 fully saturated rings. The maximum absolute atomic E-state index is 11.4.